The first kappa shape index (κ1) is 20.5. The molecule has 0 radical (unpaired) electrons. The standard InChI is InChI=1S/C22H23FN2O4/c1-15-4-10-19(11-5-15)24-20(26)14-29-22(28)17-3-2-12-25(13-17)21(27)16-6-8-18(23)9-7-16/h4-11,17H,2-3,12-14H2,1H3,(H,24,26). The van der Waals surface area contributed by atoms with Crippen molar-refractivity contribution in [2.45, 2.75) is 19.8 Å². The predicted molar refractivity (Wildman–Crippen MR) is 106 cm³/mol. The first-order valence-corrected chi connectivity index (χ1v) is 9.50. The van der Waals surface area contributed by atoms with E-state index in [4.69, 9.17) is 4.74 Å². The van der Waals surface area contributed by atoms with Gasteiger partial charge in [0.15, 0.2) is 6.61 Å². The fraction of sp³-hybridized carbons (Fsp3) is 0.318. The summed E-state index contributed by atoms with van der Waals surface area (Å²) in [5, 5.41) is 2.67. The Labute approximate surface area is 168 Å². The molecular weight excluding hydrogens is 375 g/mol. The third-order valence-electron chi connectivity index (χ3n) is 4.81. The quantitative estimate of drug-likeness (QED) is 0.785. The summed E-state index contributed by atoms with van der Waals surface area (Å²) in [6.07, 6.45) is 1.24. The lowest BCUT2D eigenvalue weighted by Crippen LogP contribution is -2.43. The molecule has 2 aromatic carbocycles. The van der Waals surface area contributed by atoms with Crippen LogP contribution in [0.25, 0.3) is 0 Å². The molecular formula is C22H23FN2O4. The van der Waals surface area contributed by atoms with Crippen molar-refractivity contribution in [3.63, 3.8) is 0 Å². The topological polar surface area (TPSA) is 75.7 Å². The number of nitrogens with zero attached hydrogens (tertiary/aromatic N) is 1. The highest BCUT2D eigenvalue weighted by molar-refractivity contribution is 5.95. The van der Waals surface area contributed by atoms with Crippen LogP contribution in [0.15, 0.2) is 48.5 Å². The van der Waals surface area contributed by atoms with Gasteiger partial charge >= 0.3 is 5.97 Å². The maximum absolute atomic E-state index is 13.0. The van der Waals surface area contributed by atoms with Gasteiger partial charge in [-0.25, -0.2) is 4.39 Å². The second kappa shape index (κ2) is 9.32. The Morgan fingerprint density at radius 1 is 1.10 bits per heavy atom. The highest BCUT2D eigenvalue weighted by atomic mass is 19.1. The fourth-order valence-corrected chi connectivity index (χ4v) is 3.22. The van der Waals surface area contributed by atoms with E-state index >= 15 is 0 Å². The number of halogens is 1. The molecule has 2 amide bonds. The van der Waals surface area contributed by atoms with Gasteiger partial charge in [0.05, 0.1) is 5.92 Å². The first-order valence-electron chi connectivity index (χ1n) is 9.50. The normalized spacial score (nSPS) is 16.2. The fourth-order valence-electron chi connectivity index (χ4n) is 3.22. The Hall–Kier alpha value is -3.22. The summed E-state index contributed by atoms with van der Waals surface area (Å²) in [4.78, 5) is 38.5. The minimum atomic E-state index is -0.499. The van der Waals surface area contributed by atoms with Crippen molar-refractivity contribution in [3.05, 3.63) is 65.5 Å². The molecule has 1 saturated heterocycles. The number of rotatable bonds is 5. The molecule has 1 unspecified atom stereocenters. The highest BCUT2D eigenvalue weighted by Gasteiger charge is 2.30. The van der Waals surface area contributed by atoms with Crippen molar-refractivity contribution in [2.24, 2.45) is 5.92 Å². The Kier molecular flexibility index (Phi) is 6.59. The number of benzene rings is 2. The van der Waals surface area contributed by atoms with Crippen LogP contribution in [-0.2, 0) is 14.3 Å². The van der Waals surface area contributed by atoms with Gasteiger partial charge in [0, 0.05) is 24.3 Å². The lowest BCUT2D eigenvalue weighted by molar-refractivity contribution is -0.152. The predicted octanol–water partition coefficient (Wildman–Crippen LogP) is 3.17. The molecule has 1 N–H and O–H groups in total. The lowest BCUT2D eigenvalue weighted by atomic mass is 9.97. The zero-order chi connectivity index (χ0) is 20.8. The molecule has 1 atom stereocenters. The van der Waals surface area contributed by atoms with Crippen molar-refractivity contribution < 1.29 is 23.5 Å². The number of amides is 2. The van der Waals surface area contributed by atoms with E-state index in [1.807, 2.05) is 19.1 Å². The number of carbonyl (C=O) groups is 3. The van der Waals surface area contributed by atoms with Gasteiger partial charge in [-0.05, 0) is 56.2 Å². The minimum Gasteiger partial charge on any atom is -0.455 e. The van der Waals surface area contributed by atoms with Gasteiger partial charge in [0.25, 0.3) is 11.8 Å². The van der Waals surface area contributed by atoms with Crippen LogP contribution < -0.4 is 5.32 Å². The monoisotopic (exact) mass is 398 g/mol. The lowest BCUT2D eigenvalue weighted by Gasteiger charge is -2.31. The van der Waals surface area contributed by atoms with Gasteiger partial charge in [-0.3, -0.25) is 14.4 Å². The van der Waals surface area contributed by atoms with Gasteiger partial charge in [0.2, 0.25) is 0 Å². The maximum Gasteiger partial charge on any atom is 0.311 e. The van der Waals surface area contributed by atoms with E-state index in [-0.39, 0.29) is 19.1 Å². The van der Waals surface area contributed by atoms with E-state index in [0.717, 1.165) is 5.56 Å². The molecule has 152 valence electrons. The number of hydrogen-bond acceptors (Lipinski definition) is 4. The number of ether oxygens (including phenoxy) is 1. The third-order valence-corrected chi connectivity index (χ3v) is 4.81. The minimum absolute atomic E-state index is 0.217. The van der Waals surface area contributed by atoms with Crippen molar-refractivity contribution in [1.82, 2.24) is 4.90 Å². The average Bonchev–Trinajstić information content (AvgIpc) is 2.74. The summed E-state index contributed by atoms with van der Waals surface area (Å²) >= 11 is 0. The molecule has 7 heteroatoms. The Balaban J connectivity index is 1.50. The zero-order valence-corrected chi connectivity index (χ0v) is 16.2. The van der Waals surface area contributed by atoms with Crippen molar-refractivity contribution in [1.29, 1.82) is 0 Å². The Bertz CT molecular complexity index is 881. The van der Waals surface area contributed by atoms with Crippen LogP contribution >= 0.6 is 0 Å². The van der Waals surface area contributed by atoms with Crippen molar-refractivity contribution >= 4 is 23.5 Å². The first-order chi connectivity index (χ1) is 13.9. The number of hydrogen-bond donors (Lipinski definition) is 1. The largest absolute Gasteiger partial charge is 0.455 e. The van der Waals surface area contributed by atoms with E-state index in [1.165, 1.54) is 24.3 Å². The van der Waals surface area contributed by atoms with Crippen LogP contribution in [0.2, 0.25) is 0 Å². The van der Waals surface area contributed by atoms with Gasteiger partial charge in [-0.15, -0.1) is 0 Å². The zero-order valence-electron chi connectivity index (χ0n) is 16.2. The Morgan fingerprint density at radius 3 is 2.48 bits per heavy atom. The molecule has 0 spiro atoms. The van der Waals surface area contributed by atoms with Crippen LogP contribution in [0, 0.1) is 18.7 Å². The summed E-state index contributed by atoms with van der Waals surface area (Å²) < 4.78 is 18.2. The molecule has 29 heavy (non-hydrogen) atoms. The molecule has 3 rings (SSSR count). The smallest absolute Gasteiger partial charge is 0.311 e. The summed E-state index contributed by atoms with van der Waals surface area (Å²) in [5.41, 5.74) is 2.08. The number of aryl methyl sites for hydroxylation is 1. The summed E-state index contributed by atoms with van der Waals surface area (Å²) in [6.45, 7) is 2.30. The van der Waals surface area contributed by atoms with Crippen LogP contribution in [0.4, 0.5) is 10.1 Å². The van der Waals surface area contributed by atoms with Crippen LogP contribution in [0.3, 0.4) is 0 Å². The number of esters is 1. The van der Waals surface area contributed by atoms with E-state index in [2.05, 4.69) is 5.32 Å². The number of likely N-dealkylation sites (tertiary alicyclic amines) is 1. The molecule has 0 aliphatic carbocycles. The summed E-state index contributed by atoms with van der Waals surface area (Å²) in [6, 6.07) is 12.6. The van der Waals surface area contributed by atoms with Crippen LogP contribution in [0.5, 0.6) is 0 Å². The molecule has 0 saturated carbocycles. The highest BCUT2D eigenvalue weighted by Crippen LogP contribution is 2.20. The molecule has 1 aliphatic heterocycles. The van der Waals surface area contributed by atoms with Crippen LogP contribution in [-0.4, -0.2) is 42.4 Å². The van der Waals surface area contributed by atoms with Gasteiger partial charge in [-0.2, -0.15) is 0 Å². The van der Waals surface area contributed by atoms with Gasteiger partial charge in [-0.1, -0.05) is 17.7 Å². The summed E-state index contributed by atoms with van der Waals surface area (Å²) in [5.74, 6) is -2.07. The number of piperidine rings is 1. The molecule has 0 aromatic heterocycles. The van der Waals surface area contributed by atoms with E-state index < -0.39 is 23.6 Å². The molecule has 0 bridgehead atoms. The molecule has 6 nitrogen and oxygen atoms in total. The molecule has 1 fully saturated rings. The SMILES string of the molecule is Cc1ccc(NC(=O)COC(=O)C2CCCN(C(=O)c3ccc(F)cc3)C2)cc1. The Morgan fingerprint density at radius 2 is 1.79 bits per heavy atom. The summed E-state index contributed by atoms with van der Waals surface area (Å²) in [7, 11) is 0. The van der Waals surface area contributed by atoms with E-state index in [9.17, 15) is 18.8 Å². The van der Waals surface area contributed by atoms with Gasteiger partial charge < -0.3 is 15.0 Å². The van der Waals surface area contributed by atoms with Crippen molar-refractivity contribution in [3.8, 4) is 0 Å². The van der Waals surface area contributed by atoms with Gasteiger partial charge in [0.1, 0.15) is 5.82 Å². The molecule has 1 heterocycles. The van der Waals surface area contributed by atoms with Crippen LogP contribution in [0.1, 0.15) is 28.8 Å². The average molecular weight is 398 g/mol. The van der Waals surface area contributed by atoms with Crippen molar-refractivity contribution in [2.75, 3.05) is 25.0 Å². The van der Waals surface area contributed by atoms with E-state index in [1.54, 1.807) is 17.0 Å². The molecule has 2 aromatic rings. The maximum atomic E-state index is 13.0. The molecule has 1 aliphatic rings. The van der Waals surface area contributed by atoms with E-state index in [0.29, 0.717) is 30.6 Å². The number of nitrogens with one attached hydrogen (secondary N) is 1. The number of carbonyl (C=O) groups excluding carboxylic acids is 3. The number of anilines is 1. The second-order valence-electron chi connectivity index (χ2n) is 7.12. The second-order valence-corrected chi connectivity index (χ2v) is 7.12. The third kappa shape index (κ3) is 5.63.